The van der Waals surface area contributed by atoms with Gasteiger partial charge in [-0.25, -0.2) is 0 Å². The van der Waals surface area contributed by atoms with E-state index in [0.717, 1.165) is 17.0 Å². The number of aromatic amines is 1. The highest BCUT2D eigenvalue weighted by Gasteiger charge is 2.17. The van der Waals surface area contributed by atoms with Gasteiger partial charge in [0.15, 0.2) is 10.6 Å². The number of amides is 1. The molecule has 5 nitrogen and oxygen atoms in total. The van der Waals surface area contributed by atoms with Crippen molar-refractivity contribution in [2.75, 3.05) is 0 Å². The van der Waals surface area contributed by atoms with Gasteiger partial charge in [0.2, 0.25) is 5.91 Å². The summed E-state index contributed by atoms with van der Waals surface area (Å²) in [5.41, 5.74) is 2.14. The third-order valence-corrected chi connectivity index (χ3v) is 6.82. The highest BCUT2D eigenvalue weighted by molar-refractivity contribution is 7.71. The lowest BCUT2D eigenvalue weighted by Crippen LogP contribution is -2.30. The molecule has 3 aromatic heterocycles. The predicted molar refractivity (Wildman–Crippen MR) is 125 cm³/mol. The van der Waals surface area contributed by atoms with Crippen molar-refractivity contribution in [1.29, 1.82) is 0 Å². The topological polar surface area (TPSA) is 53.9 Å². The SMILES string of the molecule is Cc1cccc(-c2n[nH]c(=S)n2CCC(=O)N(Cc2cccs2)Cc2cccs2)c1. The monoisotopic (exact) mass is 454 g/mol. The zero-order valence-corrected chi connectivity index (χ0v) is 19.0. The van der Waals surface area contributed by atoms with E-state index in [0.29, 0.717) is 30.8 Å². The van der Waals surface area contributed by atoms with E-state index in [1.54, 1.807) is 22.7 Å². The Kier molecular flexibility index (Phi) is 6.56. The Labute approximate surface area is 188 Å². The summed E-state index contributed by atoms with van der Waals surface area (Å²) < 4.78 is 2.44. The summed E-state index contributed by atoms with van der Waals surface area (Å²) >= 11 is 8.78. The van der Waals surface area contributed by atoms with E-state index >= 15 is 0 Å². The number of carbonyl (C=O) groups excluding carboxylic acids is 1. The van der Waals surface area contributed by atoms with Crippen LogP contribution in [-0.2, 0) is 24.4 Å². The molecule has 0 bridgehead atoms. The van der Waals surface area contributed by atoms with Crippen LogP contribution in [0.1, 0.15) is 21.7 Å². The van der Waals surface area contributed by atoms with Gasteiger partial charge in [-0.1, -0.05) is 35.9 Å². The van der Waals surface area contributed by atoms with Gasteiger partial charge in [-0.15, -0.1) is 22.7 Å². The number of aryl methyl sites for hydroxylation is 1. The van der Waals surface area contributed by atoms with Gasteiger partial charge >= 0.3 is 0 Å². The Balaban J connectivity index is 1.51. The van der Waals surface area contributed by atoms with Crippen molar-refractivity contribution in [2.45, 2.75) is 33.0 Å². The molecule has 0 aliphatic rings. The van der Waals surface area contributed by atoms with E-state index in [1.165, 1.54) is 9.75 Å². The van der Waals surface area contributed by atoms with Gasteiger partial charge < -0.3 is 4.90 Å². The highest BCUT2D eigenvalue weighted by atomic mass is 32.1. The average Bonchev–Trinajstić information content (AvgIpc) is 3.49. The fourth-order valence-corrected chi connectivity index (χ4v) is 4.97. The summed E-state index contributed by atoms with van der Waals surface area (Å²) in [7, 11) is 0. The average molecular weight is 455 g/mol. The third kappa shape index (κ3) is 4.95. The normalized spacial score (nSPS) is 11.0. The third-order valence-electron chi connectivity index (χ3n) is 4.79. The van der Waals surface area contributed by atoms with E-state index in [4.69, 9.17) is 12.2 Å². The van der Waals surface area contributed by atoms with Crippen molar-refractivity contribution >= 4 is 40.8 Å². The predicted octanol–water partition coefficient (Wildman–Crippen LogP) is 5.66. The van der Waals surface area contributed by atoms with Crippen LogP contribution in [0.2, 0.25) is 0 Å². The first-order valence-electron chi connectivity index (χ1n) is 9.65. The van der Waals surface area contributed by atoms with Gasteiger partial charge in [-0.3, -0.25) is 14.5 Å². The van der Waals surface area contributed by atoms with Crippen molar-refractivity contribution < 1.29 is 4.79 Å². The molecule has 0 unspecified atom stereocenters. The first-order valence-corrected chi connectivity index (χ1v) is 11.8. The van der Waals surface area contributed by atoms with Gasteiger partial charge in [0, 0.05) is 28.3 Å². The van der Waals surface area contributed by atoms with Crippen molar-refractivity contribution in [3.05, 3.63) is 79.4 Å². The maximum absolute atomic E-state index is 13.2. The van der Waals surface area contributed by atoms with E-state index in [-0.39, 0.29) is 5.91 Å². The number of carbonyl (C=O) groups is 1. The molecule has 0 aliphatic carbocycles. The van der Waals surface area contributed by atoms with Crippen LogP contribution < -0.4 is 0 Å². The minimum atomic E-state index is 0.107. The second-order valence-corrected chi connectivity index (χ2v) is 9.48. The van der Waals surface area contributed by atoms with Crippen LogP contribution >= 0.6 is 34.9 Å². The van der Waals surface area contributed by atoms with E-state index in [2.05, 4.69) is 28.4 Å². The van der Waals surface area contributed by atoms with Gasteiger partial charge in [0.1, 0.15) is 0 Å². The molecule has 1 amide bonds. The van der Waals surface area contributed by atoms with Gasteiger partial charge in [0.25, 0.3) is 0 Å². The molecule has 4 rings (SSSR count). The second-order valence-electron chi connectivity index (χ2n) is 7.03. The molecule has 0 spiro atoms. The Morgan fingerprint density at radius 1 is 1.10 bits per heavy atom. The summed E-state index contributed by atoms with van der Waals surface area (Å²) in [4.78, 5) is 17.4. The maximum Gasteiger partial charge on any atom is 0.225 e. The fourth-order valence-electron chi connectivity index (χ4n) is 3.31. The molecule has 0 radical (unpaired) electrons. The quantitative estimate of drug-likeness (QED) is 0.350. The number of nitrogens with zero attached hydrogens (tertiary/aromatic N) is 3. The number of benzene rings is 1. The highest BCUT2D eigenvalue weighted by Crippen LogP contribution is 2.21. The standard InChI is InChI=1S/C22H22N4OS3/c1-16-5-2-6-17(13-16)21-23-24-22(28)26(21)10-9-20(27)25(14-18-7-3-11-29-18)15-19-8-4-12-30-19/h2-8,11-13H,9-10,14-15H2,1H3,(H,24,28). The number of thiophene rings is 2. The molecule has 0 fully saturated rings. The molecule has 4 aromatic rings. The molecule has 3 heterocycles. The summed E-state index contributed by atoms with van der Waals surface area (Å²) in [5, 5.41) is 11.4. The molecule has 0 aliphatic heterocycles. The fraction of sp³-hybridized carbons (Fsp3) is 0.227. The van der Waals surface area contributed by atoms with Crippen molar-refractivity contribution in [3.63, 3.8) is 0 Å². The minimum Gasteiger partial charge on any atom is -0.332 e. The smallest absolute Gasteiger partial charge is 0.225 e. The molecule has 8 heteroatoms. The van der Waals surface area contributed by atoms with Crippen LogP contribution in [0, 0.1) is 11.7 Å². The van der Waals surface area contributed by atoms with Crippen molar-refractivity contribution in [1.82, 2.24) is 19.7 Å². The number of aromatic nitrogens is 3. The first-order chi connectivity index (χ1) is 14.6. The zero-order valence-electron chi connectivity index (χ0n) is 16.6. The van der Waals surface area contributed by atoms with Crippen molar-refractivity contribution in [3.8, 4) is 11.4 Å². The summed E-state index contributed by atoms with van der Waals surface area (Å²) in [6, 6.07) is 16.3. The summed E-state index contributed by atoms with van der Waals surface area (Å²) in [6.45, 7) is 3.78. The molecule has 30 heavy (non-hydrogen) atoms. The molecule has 0 saturated carbocycles. The van der Waals surface area contributed by atoms with Crippen LogP contribution in [0.5, 0.6) is 0 Å². The van der Waals surface area contributed by atoms with Crippen LogP contribution in [-0.4, -0.2) is 25.6 Å². The lowest BCUT2D eigenvalue weighted by Gasteiger charge is -2.22. The van der Waals surface area contributed by atoms with Crippen LogP contribution in [0.3, 0.4) is 0 Å². The number of rotatable bonds is 8. The maximum atomic E-state index is 13.2. The van der Waals surface area contributed by atoms with E-state index in [9.17, 15) is 4.79 Å². The molecule has 1 aromatic carbocycles. The lowest BCUT2D eigenvalue weighted by molar-refractivity contribution is -0.132. The summed E-state index contributed by atoms with van der Waals surface area (Å²) in [5.74, 6) is 0.870. The van der Waals surface area contributed by atoms with E-state index < -0.39 is 0 Å². The number of hydrogen-bond acceptors (Lipinski definition) is 5. The zero-order chi connectivity index (χ0) is 20.9. The van der Waals surface area contributed by atoms with Crippen molar-refractivity contribution in [2.24, 2.45) is 0 Å². The Hall–Kier alpha value is -2.55. The van der Waals surface area contributed by atoms with Gasteiger partial charge in [0.05, 0.1) is 13.1 Å². The molecule has 1 N–H and O–H groups in total. The number of H-pyrrole nitrogens is 1. The lowest BCUT2D eigenvalue weighted by atomic mass is 10.1. The second kappa shape index (κ2) is 9.51. The molecule has 0 saturated heterocycles. The molecular formula is C22H22N4OS3. The molecular weight excluding hydrogens is 432 g/mol. The Bertz CT molecular complexity index is 1120. The first kappa shape index (κ1) is 20.7. The summed E-state index contributed by atoms with van der Waals surface area (Å²) in [6.07, 6.45) is 0.364. The van der Waals surface area contributed by atoms with Crippen LogP contribution in [0.25, 0.3) is 11.4 Å². The number of nitrogens with one attached hydrogen (secondary N) is 1. The minimum absolute atomic E-state index is 0.107. The molecule has 154 valence electrons. The Morgan fingerprint density at radius 2 is 1.80 bits per heavy atom. The van der Waals surface area contributed by atoms with E-state index in [1.807, 2.05) is 57.5 Å². The van der Waals surface area contributed by atoms with Gasteiger partial charge in [-0.05, 0) is 48.1 Å². The van der Waals surface area contributed by atoms with Crippen LogP contribution in [0.15, 0.2) is 59.3 Å². The largest absolute Gasteiger partial charge is 0.332 e. The van der Waals surface area contributed by atoms with Gasteiger partial charge in [-0.2, -0.15) is 5.10 Å². The number of hydrogen-bond donors (Lipinski definition) is 1. The Morgan fingerprint density at radius 3 is 2.40 bits per heavy atom. The molecule has 0 atom stereocenters. The van der Waals surface area contributed by atoms with Crippen LogP contribution in [0.4, 0.5) is 0 Å².